The third-order valence-corrected chi connectivity index (χ3v) is 3.23. The number of nitrogens with one attached hydrogen (secondary N) is 1. The van der Waals surface area contributed by atoms with Gasteiger partial charge < -0.3 is 15.5 Å². The molecule has 0 aliphatic heterocycles. The summed E-state index contributed by atoms with van der Waals surface area (Å²) in [5.74, 6) is 0.854. The normalized spacial score (nSPS) is 11.5. The Morgan fingerprint density at radius 1 is 1.43 bits per heavy atom. The van der Waals surface area contributed by atoms with Crippen LogP contribution in [0.4, 0.5) is 4.39 Å². The van der Waals surface area contributed by atoms with Crippen LogP contribution in [0.3, 0.4) is 0 Å². The molecule has 0 radical (unpaired) electrons. The summed E-state index contributed by atoms with van der Waals surface area (Å²) in [6.45, 7) is 5.19. The van der Waals surface area contributed by atoms with Crippen LogP contribution < -0.4 is 11.1 Å². The Morgan fingerprint density at radius 3 is 2.90 bits per heavy atom. The Bertz CT molecular complexity index is 625. The molecule has 0 amide bonds. The molecule has 0 saturated heterocycles. The summed E-state index contributed by atoms with van der Waals surface area (Å²) in [5.41, 5.74) is 7.35. The molecule has 1 aromatic carbocycles. The average Bonchev–Trinajstić information content (AvgIpc) is 2.74. The summed E-state index contributed by atoms with van der Waals surface area (Å²) in [5, 5.41) is 3.83. The van der Waals surface area contributed by atoms with Crippen LogP contribution in [0.15, 0.2) is 27.6 Å². The van der Waals surface area contributed by atoms with E-state index in [2.05, 4.69) is 17.2 Å². The molecule has 0 bridgehead atoms. The third kappa shape index (κ3) is 4.59. The lowest BCUT2D eigenvalue weighted by atomic mass is 10.1. The molecule has 0 saturated carbocycles. The Morgan fingerprint density at radius 2 is 2.19 bits per heavy atom. The Labute approximate surface area is 141 Å². The lowest BCUT2D eigenvalue weighted by Crippen LogP contribution is -2.32. The van der Waals surface area contributed by atoms with Crippen molar-refractivity contribution in [2.45, 2.75) is 33.2 Å². The van der Waals surface area contributed by atoms with E-state index in [9.17, 15) is 4.39 Å². The van der Waals surface area contributed by atoms with E-state index in [1.807, 2.05) is 6.92 Å². The number of unbranched alkanes of at least 4 members (excludes halogenated alkanes) is 1. The highest BCUT2D eigenvalue weighted by Crippen LogP contribution is 2.26. The van der Waals surface area contributed by atoms with E-state index in [0.29, 0.717) is 23.8 Å². The van der Waals surface area contributed by atoms with Crippen molar-refractivity contribution in [3.05, 3.63) is 35.3 Å². The van der Waals surface area contributed by atoms with Crippen LogP contribution in [0, 0.1) is 12.7 Å². The van der Waals surface area contributed by atoms with Crippen molar-refractivity contribution < 1.29 is 8.81 Å². The molecule has 116 valence electrons. The molecule has 21 heavy (non-hydrogen) atoms. The van der Waals surface area contributed by atoms with Crippen molar-refractivity contribution in [2.75, 3.05) is 6.54 Å². The maximum Gasteiger partial charge on any atom is 0.189 e. The number of halogens is 2. The zero-order valence-corrected chi connectivity index (χ0v) is 14.6. The zero-order chi connectivity index (χ0) is 14.5. The maximum atomic E-state index is 13.2. The van der Waals surface area contributed by atoms with Gasteiger partial charge in [-0.3, -0.25) is 0 Å². The second-order valence-electron chi connectivity index (χ2n) is 4.77. The summed E-state index contributed by atoms with van der Waals surface area (Å²) in [4.78, 5) is 4.24. The lowest BCUT2D eigenvalue weighted by Gasteiger charge is -2.03. The van der Waals surface area contributed by atoms with Crippen LogP contribution in [0.25, 0.3) is 11.0 Å². The van der Waals surface area contributed by atoms with Gasteiger partial charge in [0.25, 0.3) is 0 Å². The van der Waals surface area contributed by atoms with Gasteiger partial charge in [-0.2, -0.15) is 0 Å². The van der Waals surface area contributed by atoms with E-state index >= 15 is 0 Å². The first-order chi connectivity index (χ1) is 9.61. The Kier molecular flexibility index (Phi) is 6.94. The summed E-state index contributed by atoms with van der Waals surface area (Å²) >= 11 is 0. The second-order valence-corrected chi connectivity index (χ2v) is 4.77. The molecule has 0 fully saturated rings. The first-order valence-electron chi connectivity index (χ1n) is 6.83. The predicted molar refractivity (Wildman–Crippen MR) is 94.6 cm³/mol. The number of furan rings is 1. The van der Waals surface area contributed by atoms with Gasteiger partial charge in [0, 0.05) is 17.5 Å². The van der Waals surface area contributed by atoms with Crippen molar-refractivity contribution in [3.63, 3.8) is 0 Å². The van der Waals surface area contributed by atoms with Crippen molar-refractivity contribution in [1.82, 2.24) is 5.32 Å². The van der Waals surface area contributed by atoms with Crippen LogP contribution in [0.1, 0.15) is 31.1 Å². The molecule has 0 aliphatic rings. The molecule has 6 heteroatoms. The number of aliphatic imine (C=N–C) groups is 1. The number of aryl methyl sites for hydroxylation is 1. The van der Waals surface area contributed by atoms with E-state index in [4.69, 9.17) is 10.2 Å². The standard InChI is InChI=1S/C15H20FN3O.HI/c1-3-4-7-18-15(17)19-9-14-10(2)12-8-11(16)5-6-13(12)20-14;/h5-6,8H,3-4,7,9H2,1-2H3,(H3,17,18,19);1H. The van der Waals surface area contributed by atoms with E-state index in [1.54, 1.807) is 6.07 Å². The quantitative estimate of drug-likeness (QED) is 0.345. The van der Waals surface area contributed by atoms with Crippen LogP contribution >= 0.6 is 24.0 Å². The summed E-state index contributed by atoms with van der Waals surface area (Å²) in [6.07, 6.45) is 2.16. The van der Waals surface area contributed by atoms with Gasteiger partial charge in [-0.25, -0.2) is 9.38 Å². The molecule has 2 rings (SSSR count). The monoisotopic (exact) mass is 405 g/mol. The smallest absolute Gasteiger partial charge is 0.189 e. The van der Waals surface area contributed by atoms with Gasteiger partial charge in [-0.05, 0) is 31.5 Å². The topological polar surface area (TPSA) is 63.5 Å². The first-order valence-corrected chi connectivity index (χ1v) is 6.83. The van der Waals surface area contributed by atoms with E-state index < -0.39 is 0 Å². The zero-order valence-electron chi connectivity index (χ0n) is 12.3. The minimum absolute atomic E-state index is 0. The van der Waals surface area contributed by atoms with Crippen molar-refractivity contribution >= 4 is 40.9 Å². The third-order valence-electron chi connectivity index (χ3n) is 3.23. The highest BCUT2D eigenvalue weighted by atomic mass is 127. The summed E-state index contributed by atoms with van der Waals surface area (Å²) in [7, 11) is 0. The Balaban J connectivity index is 0.00000220. The van der Waals surface area contributed by atoms with E-state index in [0.717, 1.165) is 30.3 Å². The van der Waals surface area contributed by atoms with Crippen LogP contribution in [0.5, 0.6) is 0 Å². The summed E-state index contributed by atoms with van der Waals surface area (Å²) in [6, 6.07) is 4.50. The average molecular weight is 405 g/mol. The van der Waals surface area contributed by atoms with Crippen LogP contribution in [-0.2, 0) is 6.54 Å². The van der Waals surface area contributed by atoms with Crippen LogP contribution in [0.2, 0.25) is 0 Å². The lowest BCUT2D eigenvalue weighted by molar-refractivity contribution is 0.547. The number of hydrogen-bond donors (Lipinski definition) is 2. The molecular formula is C15H21FIN3O. The van der Waals surface area contributed by atoms with Gasteiger partial charge in [-0.1, -0.05) is 13.3 Å². The number of rotatable bonds is 5. The van der Waals surface area contributed by atoms with Crippen molar-refractivity contribution in [3.8, 4) is 0 Å². The van der Waals surface area contributed by atoms with Crippen molar-refractivity contribution in [2.24, 2.45) is 10.7 Å². The molecule has 0 atom stereocenters. The van der Waals surface area contributed by atoms with Gasteiger partial charge in [0.1, 0.15) is 23.7 Å². The maximum absolute atomic E-state index is 13.2. The fourth-order valence-electron chi connectivity index (χ4n) is 2.00. The molecule has 0 unspecified atom stereocenters. The number of guanidine groups is 1. The highest BCUT2D eigenvalue weighted by Gasteiger charge is 2.10. The molecule has 0 aliphatic carbocycles. The molecule has 1 heterocycles. The highest BCUT2D eigenvalue weighted by molar-refractivity contribution is 14.0. The summed E-state index contributed by atoms with van der Waals surface area (Å²) < 4.78 is 18.9. The molecule has 2 aromatic rings. The van der Waals surface area contributed by atoms with Gasteiger partial charge in [0.2, 0.25) is 0 Å². The molecule has 1 aromatic heterocycles. The number of nitrogens with two attached hydrogens (primary N) is 1. The SMILES string of the molecule is CCCCNC(N)=NCc1oc2ccc(F)cc2c1C.I. The van der Waals surface area contributed by atoms with E-state index in [-0.39, 0.29) is 29.8 Å². The first kappa shape index (κ1) is 17.7. The number of benzene rings is 1. The minimum Gasteiger partial charge on any atom is -0.459 e. The fourth-order valence-corrected chi connectivity index (χ4v) is 2.00. The second kappa shape index (κ2) is 8.21. The molecule has 4 nitrogen and oxygen atoms in total. The molecule has 0 spiro atoms. The number of fused-ring (bicyclic) bond motifs is 1. The number of hydrogen-bond acceptors (Lipinski definition) is 2. The van der Waals surface area contributed by atoms with E-state index in [1.165, 1.54) is 12.1 Å². The minimum atomic E-state index is -0.266. The molecular weight excluding hydrogens is 384 g/mol. The van der Waals surface area contributed by atoms with Gasteiger partial charge in [-0.15, -0.1) is 24.0 Å². The largest absolute Gasteiger partial charge is 0.459 e. The molecule has 3 N–H and O–H groups in total. The van der Waals surface area contributed by atoms with Gasteiger partial charge >= 0.3 is 0 Å². The van der Waals surface area contributed by atoms with Crippen LogP contribution in [-0.4, -0.2) is 12.5 Å². The Hall–Kier alpha value is -1.31. The predicted octanol–water partition coefficient (Wildman–Crippen LogP) is 3.70. The number of nitrogens with zero attached hydrogens (tertiary/aromatic N) is 1. The van der Waals surface area contributed by atoms with Gasteiger partial charge in [0.05, 0.1) is 0 Å². The van der Waals surface area contributed by atoms with Crippen molar-refractivity contribution in [1.29, 1.82) is 0 Å². The fraction of sp³-hybridized carbons (Fsp3) is 0.400. The van der Waals surface area contributed by atoms with Gasteiger partial charge in [0.15, 0.2) is 5.96 Å².